The molecule has 20 heavy (non-hydrogen) atoms. The van der Waals surface area contributed by atoms with Crippen molar-refractivity contribution in [1.29, 1.82) is 0 Å². The summed E-state index contributed by atoms with van der Waals surface area (Å²) in [6.45, 7) is 0. The predicted octanol–water partition coefficient (Wildman–Crippen LogP) is 3.78. The quantitative estimate of drug-likeness (QED) is 0.895. The Labute approximate surface area is 118 Å². The summed E-state index contributed by atoms with van der Waals surface area (Å²) < 4.78 is 32.8. The van der Waals surface area contributed by atoms with Crippen molar-refractivity contribution in [2.45, 2.75) is 57.1 Å². The van der Waals surface area contributed by atoms with E-state index in [1.807, 2.05) is 0 Å². The van der Waals surface area contributed by atoms with Gasteiger partial charge in [-0.1, -0.05) is 31.7 Å². The van der Waals surface area contributed by atoms with E-state index in [1.165, 1.54) is 25.0 Å². The van der Waals surface area contributed by atoms with Crippen LogP contribution >= 0.6 is 0 Å². The Morgan fingerprint density at radius 2 is 1.80 bits per heavy atom. The van der Waals surface area contributed by atoms with Gasteiger partial charge in [-0.2, -0.15) is 4.39 Å². The van der Waals surface area contributed by atoms with Crippen molar-refractivity contribution in [2.24, 2.45) is 11.1 Å². The van der Waals surface area contributed by atoms with Gasteiger partial charge >= 0.3 is 0 Å². The van der Waals surface area contributed by atoms with E-state index in [2.05, 4.69) is 0 Å². The van der Waals surface area contributed by atoms with E-state index < -0.39 is 11.6 Å². The van der Waals surface area contributed by atoms with Gasteiger partial charge in [0, 0.05) is 17.9 Å². The molecule has 0 bridgehead atoms. The molecule has 0 aromatic heterocycles. The van der Waals surface area contributed by atoms with Crippen LogP contribution in [0.25, 0.3) is 0 Å². The second-order valence-corrected chi connectivity index (χ2v) is 6.15. The number of rotatable bonds is 2. The zero-order chi connectivity index (χ0) is 14.2. The Balaban J connectivity index is 1.78. The van der Waals surface area contributed by atoms with Crippen LogP contribution in [-0.4, -0.2) is 12.1 Å². The van der Waals surface area contributed by atoms with Gasteiger partial charge < -0.3 is 10.5 Å². The molecule has 0 radical (unpaired) electrons. The van der Waals surface area contributed by atoms with Crippen molar-refractivity contribution in [3.05, 3.63) is 29.8 Å². The number of ether oxygens (including phenoxy) is 1. The predicted molar refractivity (Wildman–Crippen MR) is 73.5 cm³/mol. The van der Waals surface area contributed by atoms with E-state index in [4.69, 9.17) is 10.5 Å². The monoisotopic (exact) mass is 281 g/mol. The fraction of sp³-hybridized carbons (Fsp3) is 0.625. The van der Waals surface area contributed by atoms with Crippen molar-refractivity contribution in [2.75, 3.05) is 0 Å². The molecule has 2 atom stereocenters. The van der Waals surface area contributed by atoms with Crippen LogP contribution in [0.2, 0.25) is 0 Å². The van der Waals surface area contributed by atoms with Crippen LogP contribution in [0.1, 0.15) is 44.9 Å². The van der Waals surface area contributed by atoms with Gasteiger partial charge in [0.2, 0.25) is 5.82 Å². The van der Waals surface area contributed by atoms with Gasteiger partial charge in [0.25, 0.3) is 0 Å². The summed E-state index contributed by atoms with van der Waals surface area (Å²) in [5.74, 6) is -1.73. The highest BCUT2D eigenvalue weighted by Crippen LogP contribution is 2.51. The molecule has 0 saturated heterocycles. The molecule has 4 heteroatoms. The third kappa shape index (κ3) is 2.20. The number of benzene rings is 1. The van der Waals surface area contributed by atoms with Crippen LogP contribution in [-0.2, 0) is 0 Å². The molecule has 2 saturated carbocycles. The van der Waals surface area contributed by atoms with E-state index in [0.717, 1.165) is 38.2 Å². The number of halogens is 2. The van der Waals surface area contributed by atoms with Crippen LogP contribution in [0.15, 0.2) is 18.2 Å². The van der Waals surface area contributed by atoms with E-state index in [-0.39, 0.29) is 23.3 Å². The minimum absolute atomic E-state index is 0.0190. The number of nitrogens with two attached hydrogens (primary N) is 1. The molecule has 0 heterocycles. The van der Waals surface area contributed by atoms with E-state index in [1.54, 1.807) is 0 Å². The summed E-state index contributed by atoms with van der Waals surface area (Å²) in [4.78, 5) is 0. The Morgan fingerprint density at radius 3 is 2.45 bits per heavy atom. The first-order valence-electron chi connectivity index (χ1n) is 7.50. The molecule has 2 N–H and O–H groups in total. The highest BCUT2D eigenvalue weighted by molar-refractivity contribution is 5.26. The van der Waals surface area contributed by atoms with Crippen molar-refractivity contribution >= 4 is 0 Å². The highest BCUT2D eigenvalue weighted by atomic mass is 19.2. The summed E-state index contributed by atoms with van der Waals surface area (Å²) >= 11 is 0. The molecule has 2 nitrogen and oxygen atoms in total. The summed E-state index contributed by atoms with van der Waals surface area (Å²) in [6.07, 6.45) is 7.50. The Kier molecular flexibility index (Phi) is 3.67. The van der Waals surface area contributed by atoms with Crippen LogP contribution in [0.5, 0.6) is 5.75 Å². The van der Waals surface area contributed by atoms with E-state index >= 15 is 0 Å². The highest BCUT2D eigenvalue weighted by Gasteiger charge is 2.54. The van der Waals surface area contributed by atoms with Crippen LogP contribution < -0.4 is 10.5 Å². The van der Waals surface area contributed by atoms with Crippen LogP contribution in [0.4, 0.5) is 8.78 Å². The van der Waals surface area contributed by atoms with Crippen LogP contribution in [0, 0.1) is 17.0 Å². The first-order chi connectivity index (χ1) is 9.63. The van der Waals surface area contributed by atoms with Gasteiger partial charge in [0.1, 0.15) is 6.10 Å². The number of hydrogen-bond donors (Lipinski definition) is 1. The van der Waals surface area contributed by atoms with Crippen molar-refractivity contribution in [1.82, 2.24) is 0 Å². The van der Waals surface area contributed by atoms with E-state index in [9.17, 15) is 8.78 Å². The van der Waals surface area contributed by atoms with Crippen molar-refractivity contribution in [3.8, 4) is 5.75 Å². The molecule has 3 rings (SSSR count). The maximum atomic E-state index is 13.7. The Hall–Kier alpha value is -1.16. The minimum Gasteiger partial charge on any atom is -0.487 e. The first kappa shape index (κ1) is 13.8. The van der Waals surface area contributed by atoms with Gasteiger partial charge in [0.05, 0.1) is 0 Å². The average molecular weight is 281 g/mol. The lowest BCUT2D eigenvalue weighted by Crippen LogP contribution is -2.63. The molecule has 2 unspecified atom stereocenters. The van der Waals surface area contributed by atoms with E-state index in [0.29, 0.717) is 0 Å². The SMILES string of the molecule is NC1CC(Oc2cccc(F)c2F)C12CCCCCC2. The van der Waals surface area contributed by atoms with Crippen molar-refractivity contribution in [3.63, 3.8) is 0 Å². The zero-order valence-electron chi connectivity index (χ0n) is 11.6. The molecule has 2 fully saturated rings. The van der Waals surface area contributed by atoms with Gasteiger partial charge in [-0.3, -0.25) is 0 Å². The third-order valence-corrected chi connectivity index (χ3v) is 5.07. The number of hydrogen-bond acceptors (Lipinski definition) is 2. The van der Waals surface area contributed by atoms with Gasteiger partial charge in [-0.05, 0) is 25.0 Å². The summed E-state index contributed by atoms with van der Waals surface area (Å²) in [7, 11) is 0. The summed E-state index contributed by atoms with van der Waals surface area (Å²) in [5.41, 5.74) is 6.19. The molecule has 0 amide bonds. The summed E-state index contributed by atoms with van der Waals surface area (Å²) in [5, 5.41) is 0. The lowest BCUT2D eigenvalue weighted by molar-refractivity contribution is -0.0787. The first-order valence-corrected chi connectivity index (χ1v) is 7.50. The average Bonchev–Trinajstić information content (AvgIpc) is 2.71. The maximum Gasteiger partial charge on any atom is 0.200 e. The molecule has 1 spiro atoms. The lowest BCUT2D eigenvalue weighted by Gasteiger charge is -2.54. The fourth-order valence-electron chi connectivity index (χ4n) is 3.75. The molecule has 2 aliphatic carbocycles. The summed E-state index contributed by atoms with van der Waals surface area (Å²) in [6, 6.07) is 4.21. The molecule has 2 aliphatic rings. The minimum atomic E-state index is -0.892. The smallest absolute Gasteiger partial charge is 0.200 e. The maximum absolute atomic E-state index is 13.7. The molecule has 1 aromatic carbocycles. The Morgan fingerprint density at radius 1 is 1.10 bits per heavy atom. The zero-order valence-corrected chi connectivity index (χ0v) is 11.6. The van der Waals surface area contributed by atoms with Gasteiger partial charge in [-0.25, -0.2) is 4.39 Å². The van der Waals surface area contributed by atoms with Gasteiger partial charge in [0.15, 0.2) is 11.6 Å². The molecule has 1 aromatic rings. The topological polar surface area (TPSA) is 35.2 Å². The van der Waals surface area contributed by atoms with Gasteiger partial charge in [-0.15, -0.1) is 0 Å². The standard InChI is InChI=1S/C16H21F2NO/c17-11-6-5-7-12(15(11)18)20-14-10-13(19)16(14)8-3-1-2-4-9-16/h5-7,13-14H,1-4,8-10,19H2. The normalized spacial score (nSPS) is 28.8. The largest absolute Gasteiger partial charge is 0.487 e. The second kappa shape index (κ2) is 5.32. The van der Waals surface area contributed by atoms with Crippen molar-refractivity contribution < 1.29 is 13.5 Å². The second-order valence-electron chi connectivity index (χ2n) is 6.15. The third-order valence-electron chi connectivity index (χ3n) is 5.07. The fourth-order valence-corrected chi connectivity index (χ4v) is 3.75. The van der Waals surface area contributed by atoms with Crippen LogP contribution in [0.3, 0.4) is 0 Å². The molecular weight excluding hydrogens is 260 g/mol. The Bertz CT molecular complexity index is 483. The lowest BCUT2D eigenvalue weighted by atomic mass is 9.58. The molecule has 0 aliphatic heterocycles. The molecular formula is C16H21F2NO. The molecule has 110 valence electrons.